The third kappa shape index (κ3) is 3.85. The number of pyridine rings is 1. The molecule has 0 bridgehead atoms. The van der Waals surface area contributed by atoms with Gasteiger partial charge in [0.1, 0.15) is 11.5 Å². The van der Waals surface area contributed by atoms with Crippen LogP contribution in [-0.2, 0) is 12.8 Å². The molecule has 3 rings (SSSR count). The first-order valence-corrected chi connectivity index (χ1v) is 7.77. The summed E-state index contributed by atoms with van der Waals surface area (Å²) in [6.07, 6.45) is 3.61. The maximum absolute atomic E-state index is 13.5. The van der Waals surface area contributed by atoms with Gasteiger partial charge in [0.2, 0.25) is 11.7 Å². The smallest absolute Gasteiger partial charge is 0.227 e. The first kappa shape index (κ1) is 15.9. The molecule has 0 N–H and O–H groups in total. The molecule has 0 saturated carbocycles. The number of halogens is 1. The van der Waals surface area contributed by atoms with Gasteiger partial charge in [0.15, 0.2) is 0 Å². The summed E-state index contributed by atoms with van der Waals surface area (Å²) in [4.78, 5) is 8.48. The maximum atomic E-state index is 13.5. The van der Waals surface area contributed by atoms with E-state index in [4.69, 9.17) is 4.52 Å². The highest BCUT2D eigenvalue weighted by Gasteiger charge is 2.12. The van der Waals surface area contributed by atoms with Gasteiger partial charge in [0.25, 0.3) is 0 Å². The highest BCUT2D eigenvalue weighted by atomic mass is 19.1. The first-order chi connectivity index (χ1) is 11.8. The monoisotopic (exact) mass is 321 g/mol. The maximum Gasteiger partial charge on any atom is 0.227 e. The molecule has 5 heteroatoms. The predicted octanol–water partition coefficient (Wildman–Crippen LogP) is 3.82. The van der Waals surface area contributed by atoms with Gasteiger partial charge in [-0.25, -0.2) is 9.37 Å². The fourth-order valence-electron chi connectivity index (χ4n) is 2.29. The van der Waals surface area contributed by atoms with Crippen molar-refractivity contribution in [2.24, 2.45) is 0 Å². The van der Waals surface area contributed by atoms with Crippen LogP contribution in [0.25, 0.3) is 11.4 Å². The lowest BCUT2D eigenvalue weighted by molar-refractivity contribution is 0.380. The van der Waals surface area contributed by atoms with Crippen LogP contribution in [0.15, 0.2) is 47.1 Å². The van der Waals surface area contributed by atoms with E-state index in [2.05, 4.69) is 27.0 Å². The van der Waals surface area contributed by atoms with Gasteiger partial charge < -0.3 is 4.52 Å². The van der Waals surface area contributed by atoms with Crippen molar-refractivity contribution < 1.29 is 8.91 Å². The SMILES string of the molecule is CCc1ccc(F)cc1-c1noc(CCC#Cc2ccccn2)n1. The summed E-state index contributed by atoms with van der Waals surface area (Å²) in [5.74, 6) is 6.61. The lowest BCUT2D eigenvalue weighted by Crippen LogP contribution is -1.91. The van der Waals surface area contributed by atoms with E-state index in [0.717, 1.165) is 17.7 Å². The predicted molar refractivity (Wildman–Crippen MR) is 88.5 cm³/mol. The number of aromatic nitrogens is 3. The zero-order valence-electron chi connectivity index (χ0n) is 13.3. The Morgan fingerprint density at radius 3 is 2.92 bits per heavy atom. The van der Waals surface area contributed by atoms with Crippen LogP contribution in [0.4, 0.5) is 4.39 Å². The van der Waals surface area contributed by atoms with Crippen molar-refractivity contribution in [1.29, 1.82) is 0 Å². The molecule has 4 nitrogen and oxygen atoms in total. The van der Waals surface area contributed by atoms with Gasteiger partial charge in [0, 0.05) is 24.6 Å². The fraction of sp³-hybridized carbons (Fsp3) is 0.211. The largest absolute Gasteiger partial charge is 0.339 e. The lowest BCUT2D eigenvalue weighted by Gasteiger charge is -2.02. The molecule has 0 saturated heterocycles. The summed E-state index contributed by atoms with van der Waals surface area (Å²) in [7, 11) is 0. The van der Waals surface area contributed by atoms with E-state index in [0.29, 0.717) is 30.1 Å². The number of benzene rings is 1. The van der Waals surface area contributed by atoms with Gasteiger partial charge in [-0.3, -0.25) is 0 Å². The van der Waals surface area contributed by atoms with Gasteiger partial charge in [-0.2, -0.15) is 4.98 Å². The van der Waals surface area contributed by atoms with Crippen LogP contribution in [0.5, 0.6) is 0 Å². The number of hydrogen-bond donors (Lipinski definition) is 0. The number of rotatable bonds is 4. The first-order valence-electron chi connectivity index (χ1n) is 7.77. The standard InChI is InChI=1S/C19H16FN3O/c1-2-14-10-11-15(20)13-17(14)19-22-18(24-23-19)9-4-3-7-16-8-5-6-12-21-16/h5-6,8,10-13H,2,4,9H2,1H3. The van der Waals surface area contributed by atoms with E-state index in [1.807, 2.05) is 25.1 Å². The molecule has 0 spiro atoms. The van der Waals surface area contributed by atoms with Crippen molar-refractivity contribution in [3.63, 3.8) is 0 Å². The van der Waals surface area contributed by atoms with Gasteiger partial charge in [0.05, 0.1) is 0 Å². The number of hydrogen-bond acceptors (Lipinski definition) is 4. The summed E-state index contributed by atoms with van der Waals surface area (Å²) < 4.78 is 18.7. The average molecular weight is 321 g/mol. The molecular weight excluding hydrogens is 305 g/mol. The molecule has 0 aliphatic heterocycles. The van der Waals surface area contributed by atoms with E-state index < -0.39 is 0 Å². The van der Waals surface area contributed by atoms with Crippen molar-refractivity contribution in [3.05, 3.63) is 65.6 Å². The zero-order chi connectivity index (χ0) is 16.8. The second-order valence-corrected chi connectivity index (χ2v) is 5.18. The zero-order valence-corrected chi connectivity index (χ0v) is 13.3. The molecule has 0 amide bonds. The lowest BCUT2D eigenvalue weighted by atomic mass is 10.0. The minimum absolute atomic E-state index is 0.310. The Labute approximate surface area is 139 Å². The van der Waals surface area contributed by atoms with Crippen molar-refractivity contribution >= 4 is 0 Å². The Morgan fingerprint density at radius 1 is 1.21 bits per heavy atom. The third-order valence-electron chi connectivity index (χ3n) is 3.51. The van der Waals surface area contributed by atoms with Gasteiger partial charge in [-0.15, -0.1) is 0 Å². The van der Waals surface area contributed by atoms with Crippen LogP contribution in [0, 0.1) is 17.7 Å². The molecule has 0 atom stereocenters. The van der Waals surface area contributed by atoms with Crippen LogP contribution in [0.2, 0.25) is 0 Å². The third-order valence-corrected chi connectivity index (χ3v) is 3.51. The molecule has 0 fully saturated rings. The van der Waals surface area contributed by atoms with E-state index in [-0.39, 0.29) is 5.82 Å². The second-order valence-electron chi connectivity index (χ2n) is 5.18. The van der Waals surface area contributed by atoms with E-state index in [1.165, 1.54) is 12.1 Å². The molecule has 0 radical (unpaired) electrons. The summed E-state index contributed by atoms with van der Waals surface area (Å²) >= 11 is 0. The normalized spacial score (nSPS) is 10.2. The molecular formula is C19H16FN3O. The van der Waals surface area contributed by atoms with Crippen LogP contribution in [0.3, 0.4) is 0 Å². The minimum atomic E-state index is -0.310. The Bertz CT molecular complexity index is 878. The Balaban J connectivity index is 1.68. The summed E-state index contributed by atoms with van der Waals surface area (Å²) in [5.41, 5.74) is 2.39. The number of nitrogens with zero attached hydrogens (tertiary/aromatic N) is 3. The summed E-state index contributed by atoms with van der Waals surface area (Å²) in [6, 6.07) is 10.2. The van der Waals surface area contributed by atoms with Crippen molar-refractivity contribution in [3.8, 4) is 23.2 Å². The molecule has 0 aliphatic rings. The van der Waals surface area contributed by atoms with Crippen molar-refractivity contribution in [2.45, 2.75) is 26.2 Å². The van der Waals surface area contributed by atoms with E-state index in [9.17, 15) is 4.39 Å². The van der Waals surface area contributed by atoms with Gasteiger partial charge >= 0.3 is 0 Å². The van der Waals surface area contributed by atoms with Crippen LogP contribution in [0.1, 0.15) is 30.5 Å². The molecule has 2 heterocycles. The second kappa shape index (κ2) is 7.51. The quantitative estimate of drug-likeness (QED) is 0.686. The van der Waals surface area contributed by atoms with Gasteiger partial charge in [-0.1, -0.05) is 30.1 Å². The van der Waals surface area contributed by atoms with Crippen LogP contribution in [-0.4, -0.2) is 15.1 Å². The molecule has 0 unspecified atom stereocenters. The van der Waals surface area contributed by atoms with Gasteiger partial charge in [-0.05, 0) is 42.2 Å². The van der Waals surface area contributed by atoms with E-state index in [1.54, 1.807) is 12.3 Å². The van der Waals surface area contributed by atoms with E-state index >= 15 is 0 Å². The Kier molecular flexibility index (Phi) is 4.97. The molecule has 0 aliphatic carbocycles. The highest BCUT2D eigenvalue weighted by Crippen LogP contribution is 2.23. The molecule has 1 aromatic carbocycles. The molecule has 2 aromatic heterocycles. The fourth-order valence-corrected chi connectivity index (χ4v) is 2.29. The molecule has 120 valence electrons. The summed E-state index contributed by atoms with van der Waals surface area (Å²) in [6.45, 7) is 2.00. The summed E-state index contributed by atoms with van der Waals surface area (Å²) in [5, 5.41) is 3.96. The highest BCUT2D eigenvalue weighted by molar-refractivity contribution is 5.59. The average Bonchev–Trinajstić information content (AvgIpc) is 3.08. The minimum Gasteiger partial charge on any atom is -0.339 e. The van der Waals surface area contributed by atoms with Crippen LogP contribution >= 0.6 is 0 Å². The van der Waals surface area contributed by atoms with Crippen molar-refractivity contribution in [2.75, 3.05) is 0 Å². The number of aryl methyl sites for hydroxylation is 2. The van der Waals surface area contributed by atoms with Crippen LogP contribution < -0.4 is 0 Å². The molecule has 24 heavy (non-hydrogen) atoms. The van der Waals surface area contributed by atoms with Crippen molar-refractivity contribution in [1.82, 2.24) is 15.1 Å². The Hall–Kier alpha value is -3.00. The topological polar surface area (TPSA) is 51.8 Å². The Morgan fingerprint density at radius 2 is 2.12 bits per heavy atom. The molecule has 3 aromatic rings.